The summed E-state index contributed by atoms with van der Waals surface area (Å²) in [6.45, 7) is 4.96. The van der Waals surface area contributed by atoms with Crippen molar-refractivity contribution >= 4 is 22.6 Å². The van der Waals surface area contributed by atoms with Crippen LogP contribution >= 0.6 is 0 Å². The van der Waals surface area contributed by atoms with Crippen LogP contribution in [0.4, 0.5) is 0 Å². The Bertz CT molecular complexity index is 1130. The lowest BCUT2D eigenvalue weighted by atomic mass is 10.1. The van der Waals surface area contributed by atoms with Crippen molar-refractivity contribution in [2.45, 2.75) is 13.0 Å². The molecule has 5 rings (SSSR count). The summed E-state index contributed by atoms with van der Waals surface area (Å²) >= 11 is 0. The first kappa shape index (κ1) is 19.6. The highest BCUT2D eigenvalue weighted by Gasteiger charge is 2.33. The van der Waals surface area contributed by atoms with Gasteiger partial charge >= 0.3 is 0 Å². The number of ketones is 1. The molecule has 0 aliphatic carbocycles. The van der Waals surface area contributed by atoms with Gasteiger partial charge in [-0.1, -0.05) is 30.3 Å². The summed E-state index contributed by atoms with van der Waals surface area (Å²) in [6, 6.07) is 15.3. The van der Waals surface area contributed by atoms with Crippen molar-refractivity contribution in [3.05, 3.63) is 59.8 Å². The predicted octanol–water partition coefficient (Wildman–Crippen LogP) is 2.64. The molecule has 1 amide bonds. The molecule has 7 heteroatoms. The number of carbonyl (C=O) groups excluding carboxylic acids is 2. The number of Topliss-reactive ketones (excluding diaryl/α,β-unsaturated/α-hetero) is 1. The number of aromatic nitrogens is 1. The molecule has 3 aromatic rings. The molecule has 2 aromatic carbocycles. The van der Waals surface area contributed by atoms with E-state index in [0.29, 0.717) is 44.2 Å². The van der Waals surface area contributed by atoms with E-state index in [1.165, 1.54) is 0 Å². The minimum absolute atomic E-state index is 0.0621. The van der Waals surface area contributed by atoms with Crippen LogP contribution in [0.2, 0.25) is 0 Å². The van der Waals surface area contributed by atoms with Crippen LogP contribution in [0.5, 0.6) is 11.5 Å². The number of aryl methyl sites for hydroxylation is 1. The highest BCUT2D eigenvalue weighted by Crippen LogP contribution is 2.31. The first-order valence-electron chi connectivity index (χ1n) is 10.6. The van der Waals surface area contributed by atoms with Crippen LogP contribution < -0.4 is 9.47 Å². The largest absolute Gasteiger partial charge is 0.485 e. The van der Waals surface area contributed by atoms with Gasteiger partial charge in [0.2, 0.25) is 6.10 Å². The molecule has 0 spiro atoms. The monoisotopic (exact) mass is 419 g/mol. The van der Waals surface area contributed by atoms with Gasteiger partial charge in [0, 0.05) is 48.3 Å². The number of carbonyl (C=O) groups is 2. The topological polar surface area (TPSA) is 74.9 Å². The molecule has 1 unspecified atom stereocenters. The third-order valence-corrected chi connectivity index (χ3v) is 6.01. The molecule has 0 saturated carbocycles. The van der Waals surface area contributed by atoms with E-state index in [-0.39, 0.29) is 18.3 Å². The van der Waals surface area contributed by atoms with E-state index in [1.54, 1.807) is 4.90 Å². The average molecular weight is 419 g/mol. The van der Waals surface area contributed by atoms with Crippen LogP contribution in [0.1, 0.15) is 16.1 Å². The SMILES string of the molecule is Cc1[nH]c2ccccc2c1C(=O)CN1CCN(C(=O)C2COc3ccccc3O2)CC1. The van der Waals surface area contributed by atoms with E-state index in [4.69, 9.17) is 9.47 Å². The van der Waals surface area contributed by atoms with E-state index in [9.17, 15) is 9.59 Å². The van der Waals surface area contributed by atoms with Crippen molar-refractivity contribution in [2.24, 2.45) is 0 Å². The van der Waals surface area contributed by atoms with E-state index < -0.39 is 6.10 Å². The molecule has 1 fully saturated rings. The fourth-order valence-electron chi connectivity index (χ4n) is 4.39. The lowest BCUT2D eigenvalue weighted by Gasteiger charge is -2.36. The number of benzene rings is 2. The molecular formula is C24H25N3O4. The van der Waals surface area contributed by atoms with Crippen LogP contribution in [-0.4, -0.2) is 71.9 Å². The Hall–Kier alpha value is -3.32. The zero-order chi connectivity index (χ0) is 21.4. The van der Waals surface area contributed by atoms with Crippen LogP contribution in [0, 0.1) is 6.92 Å². The molecule has 0 bridgehead atoms. The first-order chi connectivity index (χ1) is 15.1. The highest BCUT2D eigenvalue weighted by atomic mass is 16.6. The minimum Gasteiger partial charge on any atom is -0.485 e. The molecule has 2 aliphatic heterocycles. The maximum atomic E-state index is 13.0. The van der Waals surface area contributed by atoms with Crippen molar-refractivity contribution in [3.8, 4) is 11.5 Å². The maximum absolute atomic E-state index is 13.0. The molecule has 31 heavy (non-hydrogen) atoms. The Kier molecular flexibility index (Phi) is 5.11. The van der Waals surface area contributed by atoms with E-state index >= 15 is 0 Å². The van der Waals surface area contributed by atoms with Gasteiger partial charge in [-0.2, -0.15) is 0 Å². The number of piperazine rings is 1. The zero-order valence-corrected chi connectivity index (χ0v) is 17.5. The van der Waals surface area contributed by atoms with Crippen LogP contribution in [-0.2, 0) is 4.79 Å². The normalized spacial score (nSPS) is 18.9. The Labute approximate surface area is 180 Å². The Balaban J connectivity index is 1.18. The molecule has 1 N–H and O–H groups in total. The second-order valence-electron chi connectivity index (χ2n) is 8.06. The van der Waals surface area contributed by atoms with Crippen molar-refractivity contribution in [3.63, 3.8) is 0 Å². The number of hydrogen-bond donors (Lipinski definition) is 1. The highest BCUT2D eigenvalue weighted by molar-refractivity contribution is 6.10. The molecule has 160 valence electrons. The van der Waals surface area contributed by atoms with Gasteiger partial charge in [-0.05, 0) is 25.1 Å². The summed E-state index contributed by atoms with van der Waals surface area (Å²) in [5.74, 6) is 1.32. The Morgan fingerprint density at radius 2 is 1.71 bits per heavy atom. The van der Waals surface area contributed by atoms with Gasteiger partial charge < -0.3 is 19.4 Å². The number of H-pyrrole nitrogens is 1. The van der Waals surface area contributed by atoms with Crippen molar-refractivity contribution < 1.29 is 19.1 Å². The summed E-state index contributed by atoms with van der Waals surface area (Å²) in [4.78, 5) is 33.1. The van der Waals surface area contributed by atoms with Crippen LogP contribution in [0.15, 0.2) is 48.5 Å². The number of fused-ring (bicyclic) bond motifs is 2. The Morgan fingerprint density at radius 1 is 1.00 bits per heavy atom. The third kappa shape index (κ3) is 3.77. The van der Waals surface area contributed by atoms with E-state index in [1.807, 2.05) is 55.5 Å². The quantitative estimate of drug-likeness (QED) is 0.658. The third-order valence-electron chi connectivity index (χ3n) is 6.01. The maximum Gasteiger partial charge on any atom is 0.267 e. The van der Waals surface area contributed by atoms with Crippen molar-refractivity contribution in [2.75, 3.05) is 39.3 Å². The van der Waals surface area contributed by atoms with E-state index in [0.717, 1.165) is 22.2 Å². The number of para-hydroxylation sites is 3. The Morgan fingerprint density at radius 3 is 2.52 bits per heavy atom. The van der Waals surface area contributed by atoms with Crippen LogP contribution in [0.25, 0.3) is 10.9 Å². The number of nitrogens with zero attached hydrogens (tertiary/aromatic N) is 2. The second kappa shape index (κ2) is 8.07. The number of ether oxygens (including phenoxy) is 2. The molecule has 1 atom stereocenters. The van der Waals surface area contributed by atoms with Crippen molar-refractivity contribution in [1.29, 1.82) is 0 Å². The van der Waals surface area contributed by atoms with Gasteiger partial charge in [-0.25, -0.2) is 0 Å². The minimum atomic E-state index is -0.628. The molecule has 1 aromatic heterocycles. The van der Waals surface area contributed by atoms with Crippen LogP contribution in [0.3, 0.4) is 0 Å². The summed E-state index contributed by atoms with van der Waals surface area (Å²) in [7, 11) is 0. The van der Waals surface area contributed by atoms with Gasteiger partial charge in [0.05, 0.1) is 6.54 Å². The average Bonchev–Trinajstić information content (AvgIpc) is 3.14. The fraction of sp³-hybridized carbons (Fsp3) is 0.333. The van der Waals surface area contributed by atoms with Gasteiger partial charge in [0.25, 0.3) is 5.91 Å². The number of aromatic amines is 1. The molecule has 2 aliphatic rings. The van der Waals surface area contributed by atoms with E-state index in [2.05, 4.69) is 9.88 Å². The fourth-order valence-corrected chi connectivity index (χ4v) is 4.39. The second-order valence-corrected chi connectivity index (χ2v) is 8.06. The van der Waals surface area contributed by atoms with Gasteiger partial charge in [-0.3, -0.25) is 14.5 Å². The molecule has 1 saturated heterocycles. The summed E-state index contributed by atoms with van der Waals surface area (Å²) in [6.07, 6.45) is -0.628. The van der Waals surface area contributed by atoms with Crippen molar-refractivity contribution in [1.82, 2.24) is 14.8 Å². The molecule has 7 nitrogen and oxygen atoms in total. The first-order valence-corrected chi connectivity index (χ1v) is 10.6. The molecule has 3 heterocycles. The zero-order valence-electron chi connectivity index (χ0n) is 17.5. The number of nitrogens with one attached hydrogen (secondary N) is 1. The summed E-state index contributed by atoms with van der Waals surface area (Å²) in [5.41, 5.74) is 2.64. The number of hydrogen-bond acceptors (Lipinski definition) is 5. The van der Waals surface area contributed by atoms with Gasteiger partial charge in [0.15, 0.2) is 17.3 Å². The molecular weight excluding hydrogens is 394 g/mol. The van der Waals surface area contributed by atoms with Gasteiger partial charge in [0.1, 0.15) is 6.61 Å². The number of amides is 1. The summed E-state index contributed by atoms with van der Waals surface area (Å²) in [5, 5.41) is 0.966. The molecule has 0 radical (unpaired) electrons. The van der Waals surface area contributed by atoms with Gasteiger partial charge in [-0.15, -0.1) is 0 Å². The summed E-state index contributed by atoms with van der Waals surface area (Å²) < 4.78 is 11.5. The predicted molar refractivity (Wildman–Crippen MR) is 117 cm³/mol. The number of rotatable bonds is 4. The lowest BCUT2D eigenvalue weighted by Crippen LogP contribution is -2.54. The smallest absolute Gasteiger partial charge is 0.267 e. The lowest BCUT2D eigenvalue weighted by molar-refractivity contribution is -0.142. The standard InChI is InChI=1S/C24H25N3O4/c1-16-23(17-6-2-3-7-18(17)25-16)19(28)14-26-10-12-27(13-11-26)24(29)22-15-30-20-8-4-5-9-21(20)31-22/h2-9,22,25H,10-15H2,1H3.